The minimum absolute atomic E-state index is 0.665. The number of likely N-dealkylation sites (N-methyl/N-ethyl adjacent to an activating group) is 1. The molecule has 6 heteroatoms. The van der Waals surface area contributed by atoms with Crippen LogP contribution < -0.4 is 15.4 Å². The fourth-order valence-electron chi connectivity index (χ4n) is 1.51. The van der Waals surface area contributed by atoms with Gasteiger partial charge >= 0.3 is 0 Å². The van der Waals surface area contributed by atoms with Crippen LogP contribution in [0.5, 0.6) is 5.75 Å². The first-order valence-electron chi connectivity index (χ1n) is 6.28. The highest BCUT2D eigenvalue weighted by molar-refractivity contribution is 5.63. The fraction of sp³-hybridized carbons (Fsp3) is 0.667. The van der Waals surface area contributed by atoms with Crippen molar-refractivity contribution in [3.8, 4) is 5.75 Å². The van der Waals surface area contributed by atoms with Crippen LogP contribution in [0.15, 0.2) is 6.33 Å². The van der Waals surface area contributed by atoms with Gasteiger partial charge in [-0.25, -0.2) is 9.97 Å². The van der Waals surface area contributed by atoms with Gasteiger partial charge in [-0.1, -0.05) is 6.92 Å². The van der Waals surface area contributed by atoms with Crippen molar-refractivity contribution >= 4 is 11.6 Å². The van der Waals surface area contributed by atoms with E-state index in [0.29, 0.717) is 5.75 Å². The van der Waals surface area contributed by atoms with E-state index in [-0.39, 0.29) is 0 Å². The summed E-state index contributed by atoms with van der Waals surface area (Å²) in [5.41, 5.74) is 0. The van der Waals surface area contributed by atoms with Gasteiger partial charge < -0.3 is 20.3 Å². The van der Waals surface area contributed by atoms with Gasteiger partial charge in [0.15, 0.2) is 11.6 Å². The maximum absolute atomic E-state index is 5.35. The molecule has 0 aliphatic carbocycles. The number of rotatable bonds is 8. The van der Waals surface area contributed by atoms with Gasteiger partial charge in [-0.3, -0.25) is 0 Å². The van der Waals surface area contributed by atoms with Crippen LogP contribution in [0, 0.1) is 0 Å². The standard InChI is InChI=1S/C12H23N5O/c1-5-13-11-10(18-4)12(16-9-15-11)14-7-8-17(3)6-2/h9H,5-8H2,1-4H3,(H2,13,14,15,16). The summed E-state index contributed by atoms with van der Waals surface area (Å²) in [5.74, 6) is 2.12. The molecule has 0 atom stereocenters. The molecule has 0 radical (unpaired) electrons. The van der Waals surface area contributed by atoms with Gasteiger partial charge in [0.25, 0.3) is 0 Å². The van der Waals surface area contributed by atoms with E-state index < -0.39 is 0 Å². The van der Waals surface area contributed by atoms with Gasteiger partial charge in [-0.05, 0) is 20.5 Å². The average Bonchev–Trinajstić information content (AvgIpc) is 2.39. The zero-order chi connectivity index (χ0) is 13.4. The predicted octanol–water partition coefficient (Wildman–Crippen LogP) is 1.28. The van der Waals surface area contributed by atoms with Crippen LogP contribution in [0.2, 0.25) is 0 Å². The predicted molar refractivity (Wildman–Crippen MR) is 74.4 cm³/mol. The van der Waals surface area contributed by atoms with Crippen molar-refractivity contribution in [2.75, 3.05) is 51.0 Å². The van der Waals surface area contributed by atoms with Gasteiger partial charge in [-0.2, -0.15) is 0 Å². The Morgan fingerprint density at radius 2 is 1.89 bits per heavy atom. The Kier molecular flexibility index (Phi) is 6.21. The van der Waals surface area contributed by atoms with E-state index in [0.717, 1.165) is 37.8 Å². The molecule has 2 N–H and O–H groups in total. The Balaban J connectivity index is 2.66. The van der Waals surface area contributed by atoms with E-state index in [2.05, 4.69) is 39.5 Å². The maximum Gasteiger partial charge on any atom is 0.204 e. The SMILES string of the molecule is CCNc1ncnc(NCCN(C)CC)c1OC. The Hall–Kier alpha value is -1.56. The highest BCUT2D eigenvalue weighted by Gasteiger charge is 2.10. The molecule has 0 spiro atoms. The molecule has 1 rings (SSSR count). The second-order valence-corrected chi connectivity index (χ2v) is 3.96. The van der Waals surface area contributed by atoms with Crippen LogP contribution in [0.1, 0.15) is 13.8 Å². The number of hydrogen-bond donors (Lipinski definition) is 2. The van der Waals surface area contributed by atoms with Crippen LogP contribution >= 0.6 is 0 Å². The first-order chi connectivity index (χ1) is 8.72. The molecule has 1 aromatic rings. The molecular weight excluding hydrogens is 230 g/mol. The summed E-state index contributed by atoms with van der Waals surface area (Å²) in [4.78, 5) is 10.6. The first-order valence-corrected chi connectivity index (χ1v) is 6.28. The first kappa shape index (κ1) is 14.5. The summed E-state index contributed by atoms with van der Waals surface area (Å²) in [7, 11) is 3.71. The molecular formula is C12H23N5O. The van der Waals surface area contributed by atoms with E-state index in [9.17, 15) is 0 Å². The Labute approximate surface area is 109 Å². The van der Waals surface area contributed by atoms with E-state index in [1.54, 1.807) is 7.11 Å². The molecule has 6 nitrogen and oxygen atoms in total. The lowest BCUT2D eigenvalue weighted by Crippen LogP contribution is -2.25. The van der Waals surface area contributed by atoms with Crippen molar-refractivity contribution < 1.29 is 4.74 Å². The van der Waals surface area contributed by atoms with Crippen molar-refractivity contribution in [2.45, 2.75) is 13.8 Å². The number of anilines is 2. The summed E-state index contributed by atoms with van der Waals surface area (Å²) in [6.45, 7) is 7.76. The largest absolute Gasteiger partial charge is 0.490 e. The summed E-state index contributed by atoms with van der Waals surface area (Å²) >= 11 is 0. The molecule has 1 aromatic heterocycles. The third-order valence-electron chi connectivity index (χ3n) is 2.68. The minimum Gasteiger partial charge on any atom is -0.490 e. The lowest BCUT2D eigenvalue weighted by Gasteiger charge is -2.16. The summed E-state index contributed by atoms with van der Waals surface area (Å²) in [5, 5.41) is 6.42. The second kappa shape index (κ2) is 7.71. The quantitative estimate of drug-likeness (QED) is 0.728. The second-order valence-electron chi connectivity index (χ2n) is 3.96. The lowest BCUT2D eigenvalue weighted by molar-refractivity contribution is 0.366. The molecule has 0 aromatic carbocycles. The number of methoxy groups -OCH3 is 1. The van der Waals surface area contributed by atoms with Crippen molar-refractivity contribution in [2.24, 2.45) is 0 Å². The van der Waals surface area contributed by atoms with Crippen LogP contribution in [-0.2, 0) is 0 Å². The van der Waals surface area contributed by atoms with E-state index in [1.165, 1.54) is 6.33 Å². The molecule has 102 valence electrons. The molecule has 1 heterocycles. The van der Waals surface area contributed by atoms with Crippen molar-refractivity contribution in [3.63, 3.8) is 0 Å². The maximum atomic E-state index is 5.35. The van der Waals surface area contributed by atoms with Gasteiger partial charge in [0.1, 0.15) is 6.33 Å². The Morgan fingerprint density at radius 3 is 2.44 bits per heavy atom. The monoisotopic (exact) mass is 253 g/mol. The Bertz CT molecular complexity index is 358. The van der Waals surface area contributed by atoms with Crippen LogP contribution in [0.3, 0.4) is 0 Å². The summed E-state index contributed by atoms with van der Waals surface area (Å²) in [6, 6.07) is 0. The van der Waals surface area contributed by atoms with Gasteiger partial charge in [0, 0.05) is 19.6 Å². The summed E-state index contributed by atoms with van der Waals surface area (Å²) in [6.07, 6.45) is 1.53. The smallest absolute Gasteiger partial charge is 0.204 e. The van der Waals surface area contributed by atoms with Crippen molar-refractivity contribution in [3.05, 3.63) is 6.33 Å². The molecule has 0 fully saturated rings. The molecule has 0 aliphatic rings. The van der Waals surface area contributed by atoms with Crippen molar-refractivity contribution in [1.29, 1.82) is 0 Å². The normalized spacial score (nSPS) is 10.5. The van der Waals surface area contributed by atoms with Gasteiger partial charge in [-0.15, -0.1) is 0 Å². The summed E-state index contributed by atoms with van der Waals surface area (Å²) < 4.78 is 5.35. The highest BCUT2D eigenvalue weighted by atomic mass is 16.5. The molecule has 0 unspecified atom stereocenters. The van der Waals surface area contributed by atoms with E-state index in [1.807, 2.05) is 6.92 Å². The fourth-order valence-corrected chi connectivity index (χ4v) is 1.51. The molecule has 18 heavy (non-hydrogen) atoms. The molecule has 0 bridgehead atoms. The highest BCUT2D eigenvalue weighted by Crippen LogP contribution is 2.28. The zero-order valence-electron chi connectivity index (χ0n) is 11.7. The van der Waals surface area contributed by atoms with Crippen LogP contribution in [-0.4, -0.2) is 55.2 Å². The molecule has 0 aliphatic heterocycles. The third-order valence-corrected chi connectivity index (χ3v) is 2.68. The molecule has 0 saturated heterocycles. The van der Waals surface area contributed by atoms with Crippen LogP contribution in [0.4, 0.5) is 11.6 Å². The topological polar surface area (TPSA) is 62.3 Å². The number of hydrogen-bond acceptors (Lipinski definition) is 6. The van der Waals surface area contributed by atoms with Gasteiger partial charge in [0.05, 0.1) is 7.11 Å². The molecule has 0 saturated carbocycles. The third kappa shape index (κ3) is 4.03. The lowest BCUT2D eigenvalue weighted by atomic mass is 10.4. The average molecular weight is 253 g/mol. The van der Waals surface area contributed by atoms with E-state index in [4.69, 9.17) is 4.74 Å². The van der Waals surface area contributed by atoms with Crippen molar-refractivity contribution in [1.82, 2.24) is 14.9 Å². The van der Waals surface area contributed by atoms with Gasteiger partial charge in [0.2, 0.25) is 5.75 Å². The minimum atomic E-state index is 0.665. The Morgan fingerprint density at radius 1 is 1.22 bits per heavy atom. The number of ether oxygens (including phenoxy) is 1. The zero-order valence-corrected chi connectivity index (χ0v) is 11.7. The number of nitrogens with one attached hydrogen (secondary N) is 2. The van der Waals surface area contributed by atoms with Crippen LogP contribution in [0.25, 0.3) is 0 Å². The number of aromatic nitrogens is 2. The molecule has 0 amide bonds. The number of nitrogens with zero attached hydrogens (tertiary/aromatic N) is 3. The van der Waals surface area contributed by atoms with E-state index >= 15 is 0 Å².